The Kier molecular flexibility index (Phi) is 4.52. The lowest BCUT2D eigenvalue weighted by molar-refractivity contribution is 0.307. The fraction of sp³-hybridized carbons (Fsp3) is 0.100. The first kappa shape index (κ1) is 14.4. The molecule has 2 N–H and O–H groups in total. The number of para-hydroxylation sites is 1. The summed E-state index contributed by atoms with van der Waals surface area (Å²) in [6.07, 6.45) is 0. The van der Waals surface area contributed by atoms with Crippen LogP contribution >= 0.6 is 0 Å². The van der Waals surface area contributed by atoms with Gasteiger partial charge < -0.3 is 10.5 Å². The van der Waals surface area contributed by atoms with Crippen LogP contribution in [0.1, 0.15) is 11.1 Å². The van der Waals surface area contributed by atoms with E-state index in [1.807, 2.05) is 36.4 Å². The van der Waals surface area contributed by atoms with Gasteiger partial charge in [-0.25, -0.2) is 0 Å². The van der Waals surface area contributed by atoms with Gasteiger partial charge in [0.2, 0.25) is 0 Å². The van der Waals surface area contributed by atoms with Gasteiger partial charge in [-0.1, -0.05) is 72.8 Å². The van der Waals surface area contributed by atoms with Crippen molar-refractivity contribution < 1.29 is 4.74 Å². The molecule has 0 radical (unpaired) electrons. The Labute approximate surface area is 131 Å². The molecule has 0 aliphatic carbocycles. The standard InChI is InChI=1S/C20H19NO/c21-14-16-10-12-18(13-11-16)19-8-4-5-9-20(19)22-15-17-6-2-1-3-7-17/h1-13H,14-15,21H2. The Hall–Kier alpha value is -2.58. The van der Waals surface area contributed by atoms with E-state index < -0.39 is 0 Å². The molecule has 0 fully saturated rings. The molecule has 0 unspecified atom stereocenters. The third-order valence-electron chi connectivity index (χ3n) is 3.62. The summed E-state index contributed by atoms with van der Waals surface area (Å²) in [5.41, 5.74) is 10.2. The molecule has 22 heavy (non-hydrogen) atoms. The van der Waals surface area contributed by atoms with Crippen LogP contribution in [0.4, 0.5) is 0 Å². The minimum atomic E-state index is 0.562. The van der Waals surface area contributed by atoms with Gasteiger partial charge in [-0.05, 0) is 22.8 Å². The largest absolute Gasteiger partial charge is 0.488 e. The van der Waals surface area contributed by atoms with Crippen molar-refractivity contribution in [2.45, 2.75) is 13.2 Å². The van der Waals surface area contributed by atoms with E-state index in [4.69, 9.17) is 10.5 Å². The summed E-state index contributed by atoms with van der Waals surface area (Å²) in [6, 6.07) is 26.6. The van der Waals surface area contributed by atoms with Gasteiger partial charge in [0.05, 0.1) is 0 Å². The third kappa shape index (κ3) is 3.35. The summed E-state index contributed by atoms with van der Waals surface area (Å²) in [5, 5.41) is 0. The summed E-state index contributed by atoms with van der Waals surface area (Å²) in [7, 11) is 0. The Balaban J connectivity index is 1.83. The van der Waals surface area contributed by atoms with Crippen molar-refractivity contribution >= 4 is 0 Å². The SMILES string of the molecule is NCc1ccc(-c2ccccc2OCc2ccccc2)cc1. The van der Waals surface area contributed by atoms with Crippen molar-refractivity contribution in [2.75, 3.05) is 0 Å². The van der Waals surface area contributed by atoms with Crippen LogP contribution in [0.2, 0.25) is 0 Å². The van der Waals surface area contributed by atoms with Crippen molar-refractivity contribution in [3.8, 4) is 16.9 Å². The smallest absolute Gasteiger partial charge is 0.127 e. The molecule has 0 aliphatic rings. The monoisotopic (exact) mass is 289 g/mol. The lowest BCUT2D eigenvalue weighted by Gasteiger charge is -2.12. The van der Waals surface area contributed by atoms with Crippen molar-refractivity contribution in [3.05, 3.63) is 90.0 Å². The summed E-state index contributed by atoms with van der Waals surface area (Å²) in [4.78, 5) is 0. The highest BCUT2D eigenvalue weighted by Gasteiger charge is 2.06. The van der Waals surface area contributed by atoms with Crippen LogP contribution < -0.4 is 10.5 Å². The molecule has 0 aliphatic heterocycles. The number of benzene rings is 3. The molecule has 0 spiro atoms. The molecule has 2 nitrogen and oxygen atoms in total. The molecule has 3 rings (SSSR count). The minimum absolute atomic E-state index is 0.562. The molecule has 3 aromatic carbocycles. The van der Waals surface area contributed by atoms with Crippen molar-refractivity contribution in [1.82, 2.24) is 0 Å². The molecule has 110 valence electrons. The van der Waals surface area contributed by atoms with Gasteiger partial charge in [0.15, 0.2) is 0 Å². The van der Waals surface area contributed by atoms with E-state index >= 15 is 0 Å². The number of nitrogens with two attached hydrogens (primary N) is 1. The second-order valence-electron chi connectivity index (χ2n) is 5.17. The van der Waals surface area contributed by atoms with Crippen LogP contribution in [-0.4, -0.2) is 0 Å². The molecular weight excluding hydrogens is 270 g/mol. The number of ether oxygens (including phenoxy) is 1. The van der Waals surface area contributed by atoms with Crippen molar-refractivity contribution in [3.63, 3.8) is 0 Å². The van der Waals surface area contributed by atoms with Crippen molar-refractivity contribution in [2.24, 2.45) is 5.73 Å². The topological polar surface area (TPSA) is 35.2 Å². The number of rotatable bonds is 5. The summed E-state index contributed by atoms with van der Waals surface area (Å²) >= 11 is 0. The fourth-order valence-corrected chi connectivity index (χ4v) is 2.39. The third-order valence-corrected chi connectivity index (χ3v) is 3.62. The van der Waals surface area contributed by atoms with Crippen LogP contribution in [0, 0.1) is 0 Å². The summed E-state index contributed by atoms with van der Waals surface area (Å²) < 4.78 is 6.01. The molecular formula is C20H19NO. The molecule has 2 heteroatoms. The Morgan fingerprint density at radius 1 is 0.682 bits per heavy atom. The molecule has 0 heterocycles. The maximum atomic E-state index is 6.01. The molecule has 0 saturated carbocycles. The zero-order valence-electron chi connectivity index (χ0n) is 12.4. The van der Waals surface area contributed by atoms with Gasteiger partial charge in [-0.15, -0.1) is 0 Å². The first-order valence-electron chi connectivity index (χ1n) is 7.42. The average molecular weight is 289 g/mol. The molecule has 0 aromatic heterocycles. The van der Waals surface area contributed by atoms with Gasteiger partial charge in [-0.3, -0.25) is 0 Å². The van der Waals surface area contributed by atoms with Gasteiger partial charge in [-0.2, -0.15) is 0 Å². The second kappa shape index (κ2) is 6.92. The predicted molar refractivity (Wildman–Crippen MR) is 90.5 cm³/mol. The quantitative estimate of drug-likeness (QED) is 0.756. The normalized spacial score (nSPS) is 10.4. The highest BCUT2D eigenvalue weighted by molar-refractivity contribution is 5.70. The van der Waals surface area contributed by atoms with E-state index in [1.54, 1.807) is 0 Å². The average Bonchev–Trinajstić information content (AvgIpc) is 2.61. The van der Waals surface area contributed by atoms with Crippen molar-refractivity contribution in [1.29, 1.82) is 0 Å². The van der Waals surface area contributed by atoms with Crippen LogP contribution in [0.25, 0.3) is 11.1 Å². The highest BCUT2D eigenvalue weighted by Crippen LogP contribution is 2.30. The van der Waals surface area contributed by atoms with E-state index in [0.29, 0.717) is 13.2 Å². The predicted octanol–water partition coefficient (Wildman–Crippen LogP) is 4.39. The Morgan fingerprint density at radius 3 is 2.09 bits per heavy atom. The maximum Gasteiger partial charge on any atom is 0.127 e. The van der Waals surface area contributed by atoms with Gasteiger partial charge in [0.25, 0.3) is 0 Å². The lowest BCUT2D eigenvalue weighted by Crippen LogP contribution is -1.97. The first-order valence-corrected chi connectivity index (χ1v) is 7.42. The molecule has 0 bridgehead atoms. The summed E-state index contributed by atoms with van der Waals surface area (Å²) in [6.45, 7) is 1.13. The van der Waals surface area contributed by atoms with E-state index in [-0.39, 0.29) is 0 Å². The van der Waals surface area contributed by atoms with Crippen LogP contribution in [0.3, 0.4) is 0 Å². The highest BCUT2D eigenvalue weighted by atomic mass is 16.5. The Bertz CT molecular complexity index is 720. The lowest BCUT2D eigenvalue weighted by atomic mass is 10.0. The van der Waals surface area contributed by atoms with E-state index in [1.165, 1.54) is 0 Å². The van der Waals surface area contributed by atoms with Gasteiger partial charge >= 0.3 is 0 Å². The maximum absolute atomic E-state index is 6.01. The van der Waals surface area contributed by atoms with Gasteiger partial charge in [0.1, 0.15) is 12.4 Å². The molecule has 0 saturated heterocycles. The second-order valence-corrected chi connectivity index (χ2v) is 5.17. The number of hydrogen-bond donors (Lipinski definition) is 1. The summed E-state index contributed by atoms with van der Waals surface area (Å²) in [5.74, 6) is 0.895. The van der Waals surface area contributed by atoms with Crippen LogP contribution in [0.15, 0.2) is 78.9 Å². The van der Waals surface area contributed by atoms with Crippen LogP contribution in [0.5, 0.6) is 5.75 Å². The van der Waals surface area contributed by atoms with E-state index in [0.717, 1.165) is 28.0 Å². The first-order chi connectivity index (χ1) is 10.9. The zero-order chi connectivity index (χ0) is 15.2. The number of hydrogen-bond acceptors (Lipinski definition) is 2. The van der Waals surface area contributed by atoms with Gasteiger partial charge in [0, 0.05) is 12.1 Å². The van der Waals surface area contributed by atoms with E-state index in [9.17, 15) is 0 Å². The Morgan fingerprint density at radius 2 is 1.36 bits per heavy atom. The minimum Gasteiger partial charge on any atom is -0.488 e. The molecule has 0 atom stereocenters. The molecule has 3 aromatic rings. The molecule has 0 amide bonds. The van der Waals surface area contributed by atoms with E-state index in [2.05, 4.69) is 42.5 Å². The fourth-order valence-electron chi connectivity index (χ4n) is 2.39. The van der Waals surface area contributed by atoms with Crippen LogP contribution in [-0.2, 0) is 13.2 Å². The zero-order valence-corrected chi connectivity index (χ0v) is 12.4.